The number of carboxylic acid groups (broad SMARTS) is 1. The maximum atomic E-state index is 13.3. The van der Waals surface area contributed by atoms with E-state index >= 15 is 0 Å². The number of imidazole rings is 1. The van der Waals surface area contributed by atoms with Crippen LogP contribution >= 0.6 is 0 Å². The molecule has 1 saturated heterocycles. The lowest BCUT2D eigenvalue weighted by molar-refractivity contribution is -0.143. The largest absolute Gasteiger partial charge is 0.480 e. The molecule has 1 aliphatic rings. The Morgan fingerprint density at radius 2 is 1.37 bits per heavy atom. The van der Waals surface area contributed by atoms with E-state index in [1.54, 1.807) is 0 Å². The fourth-order valence-corrected chi connectivity index (χ4v) is 5.10. The lowest BCUT2D eigenvalue weighted by atomic mass is 10.1. The zero-order valence-electron chi connectivity index (χ0n) is 27.8. The SMILES string of the molecule is NCCCC[C@H](NC(=O)[C@H](CO)NC(=O)[C@@H]1CCCN1C(=O)[C@H](CO)NC(=O)[C@H](CO)NC(=O)[C@@H](N)CO)C(=O)N[C@@H](Cc1cnc[nH]1)C(=O)O. The predicted molar refractivity (Wildman–Crippen MR) is 174 cm³/mol. The zero-order valence-corrected chi connectivity index (χ0v) is 27.8. The summed E-state index contributed by atoms with van der Waals surface area (Å²) in [6.07, 6.45) is 3.91. The van der Waals surface area contributed by atoms with E-state index in [2.05, 4.69) is 36.6 Å². The Hall–Kier alpha value is -4.74. The maximum absolute atomic E-state index is 13.3. The number of aromatic nitrogens is 2. The summed E-state index contributed by atoms with van der Waals surface area (Å²) in [5.74, 6) is -6.95. The third-order valence-electron chi connectivity index (χ3n) is 7.97. The molecule has 6 amide bonds. The van der Waals surface area contributed by atoms with Gasteiger partial charge in [-0.2, -0.15) is 0 Å². The number of H-pyrrole nitrogens is 1. The van der Waals surface area contributed by atoms with E-state index in [-0.39, 0.29) is 32.4 Å². The third kappa shape index (κ3) is 12.8. The van der Waals surface area contributed by atoms with Crippen molar-refractivity contribution in [2.24, 2.45) is 11.5 Å². The van der Waals surface area contributed by atoms with Gasteiger partial charge in [0, 0.05) is 24.9 Å². The molecule has 22 heteroatoms. The van der Waals surface area contributed by atoms with E-state index in [0.29, 0.717) is 25.0 Å². The second kappa shape index (κ2) is 21.5. The van der Waals surface area contributed by atoms with E-state index in [4.69, 9.17) is 16.6 Å². The third-order valence-corrected chi connectivity index (χ3v) is 7.97. The van der Waals surface area contributed by atoms with Crippen LogP contribution in [0.15, 0.2) is 12.5 Å². The normalized spacial score (nSPS) is 17.6. The molecular formula is C29H48N10O12. The van der Waals surface area contributed by atoms with Crippen LogP contribution in [0.4, 0.5) is 0 Å². The van der Waals surface area contributed by atoms with Gasteiger partial charge >= 0.3 is 5.97 Å². The van der Waals surface area contributed by atoms with Crippen molar-refractivity contribution in [2.45, 2.75) is 80.8 Å². The quantitative estimate of drug-likeness (QED) is 0.0493. The van der Waals surface area contributed by atoms with E-state index in [0.717, 1.165) is 4.90 Å². The van der Waals surface area contributed by atoms with E-state index in [1.807, 2.05) is 0 Å². The fourth-order valence-electron chi connectivity index (χ4n) is 5.10. The number of nitrogens with two attached hydrogens (primary N) is 2. The van der Waals surface area contributed by atoms with Crippen molar-refractivity contribution >= 4 is 41.4 Å². The molecule has 1 aromatic rings. The average Bonchev–Trinajstić information content (AvgIpc) is 3.83. The summed E-state index contributed by atoms with van der Waals surface area (Å²) in [6, 6.07) is -10.1. The van der Waals surface area contributed by atoms with Crippen LogP contribution in [0, 0.1) is 0 Å². The Morgan fingerprint density at radius 3 is 1.92 bits per heavy atom. The van der Waals surface area contributed by atoms with Crippen LogP contribution < -0.4 is 38.1 Å². The number of unbranched alkanes of at least 4 members (excludes halogenated alkanes) is 1. The van der Waals surface area contributed by atoms with Crippen LogP contribution in [0.1, 0.15) is 37.8 Å². The standard InChI is InChI=1S/C29H48N10O12/c30-6-2-1-4-17(24(45)35-18(29(50)51)8-15-9-32-14-33-15)34-25(46)20(12-42)37-27(48)22-5-3-7-39(22)28(49)21(13-43)38-26(47)19(11-41)36-23(44)16(31)10-40/h9,14,16-22,40-43H,1-8,10-13,30-31H2,(H,32,33)(H,34,46)(H,35,45)(H,36,44)(H,37,48)(H,38,47)(H,50,51)/t16-,17-,18-,19-,20-,21-,22-/m0/s1. The number of carbonyl (C=O) groups excluding carboxylic acids is 6. The number of amides is 6. The topological polar surface area (TPSA) is 365 Å². The number of hydrogen-bond donors (Lipinski definition) is 13. The highest BCUT2D eigenvalue weighted by atomic mass is 16.4. The van der Waals surface area contributed by atoms with Crippen LogP contribution in [0.2, 0.25) is 0 Å². The highest BCUT2D eigenvalue weighted by Crippen LogP contribution is 2.19. The fraction of sp³-hybridized carbons (Fsp3) is 0.655. The van der Waals surface area contributed by atoms with Crippen molar-refractivity contribution in [3.8, 4) is 0 Å². The smallest absolute Gasteiger partial charge is 0.326 e. The average molecular weight is 729 g/mol. The Kier molecular flexibility index (Phi) is 17.9. The number of nitrogens with one attached hydrogen (secondary N) is 6. The molecule has 15 N–H and O–H groups in total. The van der Waals surface area contributed by atoms with Gasteiger partial charge in [-0.1, -0.05) is 0 Å². The number of aliphatic hydroxyl groups excluding tert-OH is 4. The molecule has 0 aliphatic carbocycles. The van der Waals surface area contributed by atoms with Crippen molar-refractivity contribution in [2.75, 3.05) is 39.5 Å². The number of hydrogen-bond acceptors (Lipinski definition) is 14. The summed E-state index contributed by atoms with van der Waals surface area (Å²) in [5, 5.41) is 59.5. The summed E-state index contributed by atoms with van der Waals surface area (Å²) < 4.78 is 0. The lowest BCUT2D eigenvalue weighted by Gasteiger charge is -2.30. The van der Waals surface area contributed by atoms with Crippen LogP contribution in [-0.2, 0) is 40.0 Å². The zero-order chi connectivity index (χ0) is 38.1. The molecule has 1 fully saturated rings. The predicted octanol–water partition coefficient (Wildman–Crippen LogP) is -7.12. The Bertz CT molecular complexity index is 1330. The number of aromatic amines is 1. The molecule has 1 aromatic heterocycles. The van der Waals surface area contributed by atoms with Crippen molar-refractivity contribution in [1.29, 1.82) is 0 Å². The van der Waals surface area contributed by atoms with E-state index < -0.39 is 110 Å². The molecule has 51 heavy (non-hydrogen) atoms. The monoisotopic (exact) mass is 728 g/mol. The molecule has 0 saturated carbocycles. The van der Waals surface area contributed by atoms with Crippen LogP contribution in [-0.4, -0.2) is 164 Å². The molecule has 286 valence electrons. The maximum Gasteiger partial charge on any atom is 0.326 e. The molecule has 0 aromatic carbocycles. The second-order valence-corrected chi connectivity index (χ2v) is 11.7. The minimum absolute atomic E-state index is 0.0114. The van der Waals surface area contributed by atoms with Gasteiger partial charge in [0.15, 0.2) is 0 Å². The molecular weight excluding hydrogens is 680 g/mol. The number of carboxylic acids is 1. The minimum Gasteiger partial charge on any atom is -0.480 e. The van der Waals surface area contributed by atoms with Crippen molar-refractivity contribution in [1.82, 2.24) is 41.5 Å². The number of nitrogens with zero attached hydrogens (tertiary/aromatic N) is 2. The molecule has 1 aliphatic heterocycles. The number of aliphatic carboxylic acids is 1. The molecule has 7 atom stereocenters. The first-order chi connectivity index (χ1) is 24.3. The van der Waals surface area contributed by atoms with Gasteiger partial charge in [0.2, 0.25) is 35.4 Å². The Balaban J connectivity index is 2.10. The Labute approximate surface area is 292 Å². The van der Waals surface area contributed by atoms with Gasteiger partial charge < -0.3 is 73.5 Å². The van der Waals surface area contributed by atoms with E-state index in [1.165, 1.54) is 12.5 Å². The van der Waals surface area contributed by atoms with Gasteiger partial charge in [-0.25, -0.2) is 9.78 Å². The molecule has 2 heterocycles. The molecule has 0 unspecified atom stereocenters. The van der Waals surface area contributed by atoms with Gasteiger partial charge in [0.25, 0.3) is 0 Å². The summed E-state index contributed by atoms with van der Waals surface area (Å²) >= 11 is 0. The highest BCUT2D eigenvalue weighted by molar-refractivity contribution is 5.97. The van der Waals surface area contributed by atoms with E-state index in [9.17, 15) is 54.0 Å². The molecule has 22 nitrogen and oxygen atoms in total. The molecule has 0 spiro atoms. The summed E-state index contributed by atoms with van der Waals surface area (Å²) in [5.41, 5.74) is 11.4. The lowest BCUT2D eigenvalue weighted by Crippen LogP contribution is -2.61. The molecule has 0 radical (unpaired) electrons. The summed E-state index contributed by atoms with van der Waals surface area (Å²) in [6.45, 7) is -3.22. The second-order valence-electron chi connectivity index (χ2n) is 11.7. The van der Waals surface area contributed by atoms with Crippen LogP contribution in [0.3, 0.4) is 0 Å². The van der Waals surface area contributed by atoms with Gasteiger partial charge in [-0.15, -0.1) is 0 Å². The van der Waals surface area contributed by atoms with Crippen LogP contribution in [0.25, 0.3) is 0 Å². The molecule has 2 rings (SSSR count). The first kappa shape index (κ1) is 42.4. The summed E-state index contributed by atoms with van der Waals surface area (Å²) in [4.78, 5) is 97.1. The van der Waals surface area contributed by atoms with Gasteiger partial charge in [-0.3, -0.25) is 28.8 Å². The first-order valence-corrected chi connectivity index (χ1v) is 16.2. The number of carbonyl (C=O) groups is 7. The van der Waals surface area contributed by atoms with Crippen LogP contribution in [0.5, 0.6) is 0 Å². The van der Waals surface area contributed by atoms with Gasteiger partial charge in [-0.05, 0) is 38.6 Å². The Morgan fingerprint density at radius 1 is 0.804 bits per heavy atom. The van der Waals surface area contributed by atoms with Crippen molar-refractivity contribution in [3.05, 3.63) is 18.2 Å². The number of rotatable bonds is 22. The minimum atomic E-state index is -1.61. The van der Waals surface area contributed by atoms with Crippen molar-refractivity contribution < 1.29 is 59.1 Å². The number of likely N-dealkylation sites (tertiary alicyclic amines) is 1. The summed E-state index contributed by atoms with van der Waals surface area (Å²) in [7, 11) is 0. The van der Waals surface area contributed by atoms with Gasteiger partial charge in [0.05, 0.1) is 32.8 Å². The molecule has 0 bridgehead atoms. The number of aliphatic hydroxyl groups is 4. The van der Waals surface area contributed by atoms with Crippen molar-refractivity contribution in [3.63, 3.8) is 0 Å². The first-order valence-electron chi connectivity index (χ1n) is 16.2. The van der Waals surface area contributed by atoms with Gasteiger partial charge in [0.1, 0.15) is 42.3 Å². The highest BCUT2D eigenvalue weighted by Gasteiger charge is 2.40.